The molecule has 1 fully saturated rings. The van der Waals surface area contributed by atoms with Crippen LogP contribution in [0.25, 0.3) is 0 Å². The number of hydrogen-bond acceptors (Lipinski definition) is 6. The number of nitrogens with zero attached hydrogens (tertiary/aromatic N) is 3. The van der Waals surface area contributed by atoms with Crippen LogP contribution in [0.4, 0.5) is 5.69 Å². The van der Waals surface area contributed by atoms with Gasteiger partial charge in [-0.25, -0.2) is 4.98 Å². The summed E-state index contributed by atoms with van der Waals surface area (Å²) in [4.78, 5) is 41.7. The molecule has 2 N–H and O–H groups in total. The number of piperidine rings is 1. The van der Waals surface area contributed by atoms with Crippen molar-refractivity contribution in [3.05, 3.63) is 58.9 Å². The van der Waals surface area contributed by atoms with E-state index in [9.17, 15) is 14.4 Å². The van der Waals surface area contributed by atoms with E-state index in [0.717, 1.165) is 16.8 Å². The first kappa shape index (κ1) is 17.7. The highest BCUT2D eigenvalue weighted by Gasteiger charge is 2.39. The summed E-state index contributed by atoms with van der Waals surface area (Å²) >= 11 is 0. The fourth-order valence-electron chi connectivity index (χ4n) is 3.52. The van der Waals surface area contributed by atoms with Crippen molar-refractivity contribution in [2.24, 2.45) is 0 Å². The third-order valence-corrected chi connectivity index (χ3v) is 4.96. The number of nitriles is 1. The first-order valence-electron chi connectivity index (χ1n) is 8.91. The number of nitrogens with one attached hydrogen (secondary N) is 2. The van der Waals surface area contributed by atoms with Gasteiger partial charge in [0.1, 0.15) is 17.8 Å². The molecule has 0 aliphatic carbocycles. The Balaban J connectivity index is 1.47. The van der Waals surface area contributed by atoms with Gasteiger partial charge >= 0.3 is 0 Å². The summed E-state index contributed by atoms with van der Waals surface area (Å²) in [5.74, 6) is -0.901. The molecule has 8 heteroatoms. The molecule has 0 bridgehead atoms. The number of pyridine rings is 1. The van der Waals surface area contributed by atoms with Crippen molar-refractivity contribution in [2.45, 2.75) is 32.0 Å². The minimum absolute atomic E-state index is 0.193. The van der Waals surface area contributed by atoms with Gasteiger partial charge in [0.15, 0.2) is 0 Å². The maximum atomic E-state index is 12.8. The number of amides is 3. The highest BCUT2D eigenvalue weighted by atomic mass is 16.2. The molecule has 3 amide bonds. The number of rotatable bonds is 4. The Hall–Kier alpha value is -3.73. The summed E-state index contributed by atoms with van der Waals surface area (Å²) in [6.07, 6.45) is 2.15. The Morgan fingerprint density at radius 3 is 2.89 bits per heavy atom. The molecular formula is C20H17N5O3. The molecular weight excluding hydrogens is 358 g/mol. The number of fused-ring (bicyclic) bond motifs is 1. The van der Waals surface area contributed by atoms with Crippen LogP contribution in [0.15, 0.2) is 36.5 Å². The van der Waals surface area contributed by atoms with Gasteiger partial charge in [-0.2, -0.15) is 5.26 Å². The van der Waals surface area contributed by atoms with Gasteiger partial charge in [-0.3, -0.25) is 19.7 Å². The smallest absolute Gasteiger partial charge is 0.255 e. The Bertz CT molecular complexity index is 1030. The number of imide groups is 1. The maximum absolute atomic E-state index is 12.8. The van der Waals surface area contributed by atoms with E-state index in [-0.39, 0.29) is 18.2 Å². The van der Waals surface area contributed by atoms with Crippen LogP contribution in [0.1, 0.15) is 40.0 Å². The summed E-state index contributed by atoms with van der Waals surface area (Å²) in [5.41, 5.74) is 3.45. The fourth-order valence-corrected chi connectivity index (χ4v) is 3.52. The Kier molecular flexibility index (Phi) is 4.49. The SMILES string of the molecule is N#Cc1cc(NCc2ccc3c(c2)C(=O)N(C2CCC(=O)NC2=O)C3)ccn1. The lowest BCUT2D eigenvalue weighted by molar-refractivity contribution is -0.136. The molecule has 1 aromatic carbocycles. The zero-order valence-electron chi connectivity index (χ0n) is 14.9. The van der Waals surface area contributed by atoms with Crippen molar-refractivity contribution in [1.82, 2.24) is 15.2 Å². The van der Waals surface area contributed by atoms with Crippen molar-refractivity contribution in [3.8, 4) is 6.07 Å². The van der Waals surface area contributed by atoms with Crippen molar-refractivity contribution in [1.29, 1.82) is 5.26 Å². The fraction of sp³-hybridized carbons (Fsp3) is 0.250. The number of aromatic nitrogens is 1. The monoisotopic (exact) mass is 375 g/mol. The number of hydrogen-bond donors (Lipinski definition) is 2. The molecule has 1 aromatic heterocycles. The molecule has 1 saturated heterocycles. The van der Waals surface area contributed by atoms with Crippen LogP contribution in [0.2, 0.25) is 0 Å². The lowest BCUT2D eigenvalue weighted by Crippen LogP contribution is -2.52. The van der Waals surface area contributed by atoms with E-state index >= 15 is 0 Å². The molecule has 2 aliphatic heterocycles. The van der Waals surface area contributed by atoms with Crippen LogP contribution in [-0.2, 0) is 22.7 Å². The average Bonchev–Trinajstić information content (AvgIpc) is 3.02. The van der Waals surface area contributed by atoms with Crippen LogP contribution < -0.4 is 10.6 Å². The molecule has 28 heavy (non-hydrogen) atoms. The molecule has 8 nitrogen and oxygen atoms in total. The van der Waals surface area contributed by atoms with Crippen LogP contribution in [-0.4, -0.2) is 33.6 Å². The normalized spacial score (nSPS) is 18.5. The van der Waals surface area contributed by atoms with Gasteiger partial charge in [0.05, 0.1) is 0 Å². The second kappa shape index (κ2) is 7.12. The highest BCUT2D eigenvalue weighted by molar-refractivity contribution is 6.05. The minimum atomic E-state index is -0.611. The van der Waals surface area contributed by atoms with Gasteiger partial charge in [0.25, 0.3) is 5.91 Å². The maximum Gasteiger partial charge on any atom is 0.255 e. The van der Waals surface area contributed by atoms with E-state index in [1.807, 2.05) is 24.3 Å². The molecule has 0 spiro atoms. The van der Waals surface area contributed by atoms with E-state index in [1.54, 1.807) is 18.3 Å². The molecule has 0 radical (unpaired) electrons. The van der Waals surface area contributed by atoms with Crippen molar-refractivity contribution < 1.29 is 14.4 Å². The lowest BCUT2D eigenvalue weighted by Gasteiger charge is -2.29. The predicted octanol–water partition coefficient (Wildman–Crippen LogP) is 1.33. The second-order valence-corrected chi connectivity index (χ2v) is 6.79. The molecule has 3 heterocycles. The minimum Gasteiger partial charge on any atom is -0.381 e. The van der Waals surface area contributed by atoms with Gasteiger partial charge in [0.2, 0.25) is 11.8 Å². The third-order valence-electron chi connectivity index (χ3n) is 4.96. The average molecular weight is 375 g/mol. The summed E-state index contributed by atoms with van der Waals surface area (Å²) in [7, 11) is 0. The number of benzene rings is 1. The topological polar surface area (TPSA) is 115 Å². The van der Waals surface area contributed by atoms with E-state index in [0.29, 0.717) is 30.8 Å². The zero-order chi connectivity index (χ0) is 19.7. The van der Waals surface area contributed by atoms with Crippen molar-refractivity contribution >= 4 is 23.4 Å². The van der Waals surface area contributed by atoms with E-state index < -0.39 is 11.9 Å². The van der Waals surface area contributed by atoms with Gasteiger partial charge < -0.3 is 10.2 Å². The number of anilines is 1. The number of carbonyl (C=O) groups is 3. The lowest BCUT2D eigenvalue weighted by atomic mass is 10.0. The van der Waals surface area contributed by atoms with Crippen LogP contribution in [0.5, 0.6) is 0 Å². The largest absolute Gasteiger partial charge is 0.381 e. The van der Waals surface area contributed by atoms with Crippen LogP contribution in [0, 0.1) is 11.3 Å². The summed E-state index contributed by atoms with van der Waals surface area (Å²) < 4.78 is 0. The molecule has 1 atom stereocenters. The van der Waals surface area contributed by atoms with Crippen molar-refractivity contribution in [2.75, 3.05) is 5.32 Å². The van der Waals surface area contributed by atoms with Crippen LogP contribution in [0.3, 0.4) is 0 Å². The Morgan fingerprint density at radius 1 is 1.25 bits per heavy atom. The van der Waals surface area contributed by atoms with E-state index in [1.165, 1.54) is 4.90 Å². The summed E-state index contributed by atoms with van der Waals surface area (Å²) in [6, 6.07) is 10.5. The van der Waals surface area contributed by atoms with E-state index in [4.69, 9.17) is 5.26 Å². The molecule has 1 unspecified atom stereocenters. The standard InChI is InChI=1S/C20H17N5O3/c21-9-15-8-14(5-6-22-15)23-10-12-1-2-13-11-25(20(28)16(13)7-12)17-3-4-18(26)24-19(17)27/h1-2,5-8,17H,3-4,10-11H2,(H,22,23)(H,24,26,27). The molecule has 2 aliphatic rings. The predicted molar refractivity (Wildman–Crippen MR) is 98.8 cm³/mol. The zero-order valence-corrected chi connectivity index (χ0v) is 14.9. The summed E-state index contributed by atoms with van der Waals surface area (Å²) in [5, 5.41) is 14.4. The Labute approximate surface area is 161 Å². The first-order valence-corrected chi connectivity index (χ1v) is 8.91. The second-order valence-electron chi connectivity index (χ2n) is 6.79. The van der Waals surface area contributed by atoms with Gasteiger partial charge in [0, 0.05) is 37.0 Å². The first-order chi connectivity index (χ1) is 13.5. The molecule has 0 saturated carbocycles. The highest BCUT2D eigenvalue weighted by Crippen LogP contribution is 2.28. The van der Waals surface area contributed by atoms with Crippen LogP contribution >= 0.6 is 0 Å². The van der Waals surface area contributed by atoms with Gasteiger partial charge in [-0.1, -0.05) is 12.1 Å². The molecule has 2 aromatic rings. The summed E-state index contributed by atoms with van der Waals surface area (Å²) in [6.45, 7) is 0.845. The van der Waals surface area contributed by atoms with Gasteiger partial charge in [-0.05, 0) is 35.7 Å². The molecule has 4 rings (SSSR count). The quantitative estimate of drug-likeness (QED) is 0.779. The molecule has 140 valence electrons. The Morgan fingerprint density at radius 2 is 2.11 bits per heavy atom. The number of carbonyl (C=O) groups excluding carboxylic acids is 3. The van der Waals surface area contributed by atoms with E-state index in [2.05, 4.69) is 15.6 Å². The van der Waals surface area contributed by atoms with Crippen molar-refractivity contribution in [3.63, 3.8) is 0 Å². The van der Waals surface area contributed by atoms with Gasteiger partial charge in [-0.15, -0.1) is 0 Å². The third kappa shape index (κ3) is 3.30.